The first-order valence-corrected chi connectivity index (χ1v) is 8.29. The highest BCUT2D eigenvalue weighted by atomic mass is 31.2. The number of benzene rings is 1. The minimum Gasteiger partial charge on any atom is -0.426 e. The van der Waals surface area contributed by atoms with E-state index in [0.717, 1.165) is 0 Å². The van der Waals surface area contributed by atoms with E-state index >= 15 is 0 Å². The molecular weight excluding hydrogens is 343 g/mol. The molecule has 0 aliphatic heterocycles. The van der Waals surface area contributed by atoms with Crippen molar-refractivity contribution in [3.05, 3.63) is 29.6 Å². The Morgan fingerprint density at radius 3 is 2.17 bits per heavy atom. The molecular formula is C13H15F4O5P. The van der Waals surface area contributed by atoms with Crippen molar-refractivity contribution >= 4 is 13.6 Å². The molecule has 0 atom stereocenters. The third kappa shape index (κ3) is 6.29. The van der Waals surface area contributed by atoms with Gasteiger partial charge in [0.2, 0.25) is 0 Å². The second kappa shape index (κ2) is 7.90. The second-order valence-corrected chi connectivity index (χ2v) is 6.31. The topological polar surface area (TPSA) is 61.8 Å². The highest BCUT2D eigenvalue weighted by Crippen LogP contribution is 2.47. The fraction of sp³-hybridized carbons (Fsp3) is 0.462. The number of esters is 1. The third-order valence-corrected chi connectivity index (χ3v) is 4.35. The van der Waals surface area contributed by atoms with E-state index < -0.39 is 43.0 Å². The number of hydrogen-bond donors (Lipinski definition) is 0. The summed E-state index contributed by atoms with van der Waals surface area (Å²) in [5.41, 5.74) is -1.31. The van der Waals surface area contributed by atoms with Gasteiger partial charge in [-0.25, -0.2) is 4.39 Å². The number of alkyl halides is 3. The van der Waals surface area contributed by atoms with Gasteiger partial charge in [0.25, 0.3) is 0 Å². The lowest BCUT2D eigenvalue weighted by molar-refractivity contribution is -0.138. The van der Waals surface area contributed by atoms with Crippen LogP contribution < -0.4 is 4.74 Å². The van der Waals surface area contributed by atoms with Crippen LogP contribution in [0.25, 0.3) is 0 Å². The second-order valence-electron chi connectivity index (χ2n) is 4.25. The van der Waals surface area contributed by atoms with Gasteiger partial charge >= 0.3 is 19.7 Å². The first-order valence-electron chi connectivity index (χ1n) is 6.56. The van der Waals surface area contributed by atoms with Crippen LogP contribution in [0, 0.1) is 5.82 Å². The minimum atomic E-state index is -4.80. The predicted molar refractivity (Wildman–Crippen MR) is 72.8 cm³/mol. The molecule has 5 nitrogen and oxygen atoms in total. The molecule has 0 aliphatic carbocycles. The maximum absolute atomic E-state index is 13.2. The van der Waals surface area contributed by atoms with Crippen molar-refractivity contribution in [3.8, 4) is 5.75 Å². The Morgan fingerprint density at radius 1 is 1.13 bits per heavy atom. The maximum Gasteiger partial charge on any atom is 0.416 e. The van der Waals surface area contributed by atoms with Crippen molar-refractivity contribution in [2.45, 2.75) is 20.0 Å². The Balaban J connectivity index is 2.89. The van der Waals surface area contributed by atoms with Gasteiger partial charge in [-0.3, -0.25) is 9.36 Å². The fourth-order valence-corrected chi connectivity index (χ4v) is 3.05. The summed E-state index contributed by atoms with van der Waals surface area (Å²) in [5, 5.41) is 0. The molecule has 0 heterocycles. The molecule has 0 bridgehead atoms. The summed E-state index contributed by atoms with van der Waals surface area (Å²) in [5.74, 6) is -3.03. The lowest BCUT2D eigenvalue weighted by Crippen LogP contribution is -2.16. The first-order chi connectivity index (χ1) is 10.6. The van der Waals surface area contributed by atoms with Crippen LogP contribution in [0.5, 0.6) is 5.75 Å². The van der Waals surface area contributed by atoms with E-state index in [9.17, 15) is 26.9 Å². The minimum absolute atomic E-state index is 0.00272. The van der Waals surface area contributed by atoms with Crippen molar-refractivity contribution in [2.24, 2.45) is 0 Å². The van der Waals surface area contributed by atoms with Crippen molar-refractivity contribution < 1.29 is 40.7 Å². The molecule has 23 heavy (non-hydrogen) atoms. The molecule has 0 N–H and O–H groups in total. The number of hydrogen-bond acceptors (Lipinski definition) is 5. The number of carbonyl (C=O) groups excluding carboxylic acids is 1. The average molecular weight is 358 g/mol. The van der Waals surface area contributed by atoms with Crippen LogP contribution in [0.15, 0.2) is 18.2 Å². The van der Waals surface area contributed by atoms with Gasteiger partial charge in [0.05, 0.1) is 18.8 Å². The molecule has 0 radical (unpaired) electrons. The van der Waals surface area contributed by atoms with Gasteiger partial charge in [-0.2, -0.15) is 13.2 Å². The number of carbonyl (C=O) groups is 1. The molecule has 0 spiro atoms. The summed E-state index contributed by atoms with van der Waals surface area (Å²) < 4.78 is 77.3. The SMILES string of the molecule is CCOP(=O)(CC(=O)Oc1cc(F)cc(C(F)(F)F)c1)OCC. The molecule has 10 heteroatoms. The summed E-state index contributed by atoms with van der Waals surface area (Å²) >= 11 is 0. The summed E-state index contributed by atoms with van der Waals surface area (Å²) in [4.78, 5) is 11.7. The van der Waals surface area contributed by atoms with Gasteiger partial charge in [0, 0.05) is 6.07 Å². The van der Waals surface area contributed by atoms with E-state index in [1.54, 1.807) is 0 Å². The summed E-state index contributed by atoms with van der Waals surface area (Å²) in [7, 11) is -3.76. The molecule has 0 unspecified atom stereocenters. The monoisotopic (exact) mass is 358 g/mol. The van der Waals surface area contributed by atoms with E-state index in [1.807, 2.05) is 0 Å². The molecule has 0 saturated heterocycles. The van der Waals surface area contributed by atoms with Gasteiger partial charge in [-0.1, -0.05) is 0 Å². The zero-order valence-electron chi connectivity index (χ0n) is 12.4. The molecule has 130 valence electrons. The largest absolute Gasteiger partial charge is 0.426 e. The maximum atomic E-state index is 13.2. The molecule has 0 aliphatic rings. The first kappa shape index (κ1) is 19.6. The summed E-state index contributed by atoms with van der Waals surface area (Å²) in [6, 6.07) is 1.34. The Morgan fingerprint density at radius 2 is 1.70 bits per heavy atom. The van der Waals surface area contributed by atoms with Crippen LogP contribution in [-0.2, 0) is 24.6 Å². The van der Waals surface area contributed by atoms with Crippen molar-refractivity contribution in [2.75, 3.05) is 19.4 Å². The molecule has 0 saturated carbocycles. The lowest BCUT2D eigenvalue weighted by atomic mass is 10.2. The summed E-state index contributed by atoms with van der Waals surface area (Å²) in [6.45, 7) is 3.06. The predicted octanol–water partition coefficient (Wildman–Crippen LogP) is 4.02. The molecule has 1 rings (SSSR count). The molecule has 0 amide bonds. The van der Waals surface area contributed by atoms with Crippen LogP contribution in [0.2, 0.25) is 0 Å². The fourth-order valence-electron chi connectivity index (χ4n) is 1.63. The number of halogens is 4. The van der Waals surface area contributed by atoms with Crippen LogP contribution in [0.3, 0.4) is 0 Å². The molecule has 0 aromatic heterocycles. The molecule has 0 fully saturated rings. The normalized spacial score (nSPS) is 12.3. The van der Waals surface area contributed by atoms with E-state index in [-0.39, 0.29) is 19.3 Å². The van der Waals surface area contributed by atoms with Crippen LogP contribution in [0.4, 0.5) is 17.6 Å². The van der Waals surface area contributed by atoms with Crippen LogP contribution >= 0.6 is 7.60 Å². The lowest BCUT2D eigenvalue weighted by Gasteiger charge is -2.16. The van der Waals surface area contributed by atoms with Crippen LogP contribution in [-0.4, -0.2) is 25.3 Å². The Bertz CT molecular complexity index is 593. The van der Waals surface area contributed by atoms with Gasteiger partial charge in [0.1, 0.15) is 17.7 Å². The van der Waals surface area contributed by atoms with Crippen LogP contribution in [0.1, 0.15) is 19.4 Å². The van der Waals surface area contributed by atoms with E-state index in [4.69, 9.17) is 9.05 Å². The van der Waals surface area contributed by atoms with E-state index in [2.05, 4.69) is 4.74 Å². The van der Waals surface area contributed by atoms with Gasteiger partial charge in [-0.15, -0.1) is 0 Å². The van der Waals surface area contributed by atoms with E-state index in [1.165, 1.54) is 13.8 Å². The summed E-state index contributed by atoms with van der Waals surface area (Å²) in [6.07, 6.45) is -5.60. The zero-order valence-corrected chi connectivity index (χ0v) is 13.2. The van der Waals surface area contributed by atoms with Crippen molar-refractivity contribution in [3.63, 3.8) is 0 Å². The highest BCUT2D eigenvalue weighted by molar-refractivity contribution is 7.54. The molecule has 1 aromatic rings. The smallest absolute Gasteiger partial charge is 0.416 e. The highest BCUT2D eigenvalue weighted by Gasteiger charge is 2.33. The van der Waals surface area contributed by atoms with Crippen molar-refractivity contribution in [1.29, 1.82) is 0 Å². The van der Waals surface area contributed by atoms with E-state index in [0.29, 0.717) is 12.1 Å². The molecule has 1 aromatic carbocycles. The quantitative estimate of drug-likeness (QED) is 0.319. The Hall–Kier alpha value is -1.44. The van der Waals surface area contributed by atoms with Gasteiger partial charge < -0.3 is 13.8 Å². The number of rotatable bonds is 7. The third-order valence-electron chi connectivity index (χ3n) is 2.40. The van der Waals surface area contributed by atoms with Gasteiger partial charge in [0.15, 0.2) is 0 Å². The Kier molecular flexibility index (Phi) is 6.73. The Labute approximate surface area is 130 Å². The number of ether oxygens (including phenoxy) is 1. The standard InChI is InChI=1S/C13H15F4O5P/c1-3-20-23(19,21-4-2)8-12(18)22-11-6-9(13(15,16)17)5-10(14)7-11/h5-7H,3-4,8H2,1-2H3. The van der Waals surface area contributed by atoms with Gasteiger partial charge in [-0.05, 0) is 26.0 Å². The zero-order chi connectivity index (χ0) is 17.7. The van der Waals surface area contributed by atoms with Crippen molar-refractivity contribution in [1.82, 2.24) is 0 Å². The average Bonchev–Trinajstić information content (AvgIpc) is 2.36.